The summed E-state index contributed by atoms with van der Waals surface area (Å²) in [6, 6.07) is 5.04. The number of hydrogen-bond donors (Lipinski definition) is 2. The molecule has 0 bridgehead atoms. The Labute approximate surface area is 107 Å². The van der Waals surface area contributed by atoms with Crippen molar-refractivity contribution in [1.29, 1.82) is 0 Å². The van der Waals surface area contributed by atoms with Crippen molar-refractivity contribution in [3.63, 3.8) is 0 Å². The third kappa shape index (κ3) is 3.51. The average Bonchev–Trinajstić information content (AvgIpc) is 2.18. The molecule has 0 unspecified atom stereocenters. The van der Waals surface area contributed by atoms with E-state index in [4.69, 9.17) is 17.3 Å². The minimum Gasteiger partial charge on any atom is -0.397 e. The third-order valence-electron chi connectivity index (χ3n) is 2.72. The molecular weight excluding hydrogens is 260 g/mol. The van der Waals surface area contributed by atoms with Crippen molar-refractivity contribution in [1.82, 2.24) is 0 Å². The molecule has 1 aromatic carbocycles. The number of nitrogen functional groups attached to an aromatic ring is 1. The van der Waals surface area contributed by atoms with E-state index in [0.717, 1.165) is 0 Å². The van der Waals surface area contributed by atoms with E-state index in [2.05, 4.69) is 5.32 Å². The molecule has 1 aromatic rings. The first kappa shape index (κ1) is 14.1. The molecule has 0 aliphatic heterocycles. The second kappa shape index (κ2) is 4.74. The van der Waals surface area contributed by atoms with Crippen molar-refractivity contribution >= 4 is 32.8 Å². The van der Waals surface area contributed by atoms with Crippen molar-refractivity contribution in [2.24, 2.45) is 0 Å². The summed E-state index contributed by atoms with van der Waals surface area (Å²) in [5.41, 5.74) is 6.95. The summed E-state index contributed by atoms with van der Waals surface area (Å²) in [5, 5.41) is 3.57. The highest BCUT2D eigenvalue weighted by atomic mass is 35.5. The molecule has 4 nitrogen and oxygen atoms in total. The van der Waals surface area contributed by atoms with Crippen molar-refractivity contribution in [3.05, 3.63) is 23.2 Å². The Morgan fingerprint density at radius 3 is 2.53 bits per heavy atom. The van der Waals surface area contributed by atoms with Crippen molar-refractivity contribution in [3.8, 4) is 0 Å². The molecule has 0 aliphatic carbocycles. The van der Waals surface area contributed by atoms with Gasteiger partial charge in [-0.05, 0) is 32.0 Å². The lowest BCUT2D eigenvalue weighted by Gasteiger charge is -2.23. The highest BCUT2D eigenvalue weighted by Crippen LogP contribution is 2.24. The summed E-state index contributed by atoms with van der Waals surface area (Å²) >= 11 is 5.84. The molecule has 0 atom stereocenters. The number of nitrogens with two attached hydrogens (primary N) is 1. The molecule has 0 radical (unpaired) electrons. The molecule has 3 N–H and O–H groups in total. The highest BCUT2D eigenvalue weighted by Gasteiger charge is 2.29. The summed E-state index contributed by atoms with van der Waals surface area (Å²) in [4.78, 5) is 0. The highest BCUT2D eigenvalue weighted by molar-refractivity contribution is 7.92. The smallest absolute Gasteiger partial charge is 0.154 e. The van der Waals surface area contributed by atoms with E-state index >= 15 is 0 Å². The number of hydrogen-bond acceptors (Lipinski definition) is 4. The molecular formula is C11H17ClN2O2S. The van der Waals surface area contributed by atoms with E-state index in [1.165, 1.54) is 6.26 Å². The van der Waals surface area contributed by atoms with Crippen LogP contribution >= 0.6 is 11.6 Å². The van der Waals surface area contributed by atoms with Gasteiger partial charge in [0.25, 0.3) is 0 Å². The van der Waals surface area contributed by atoms with Gasteiger partial charge in [0.05, 0.1) is 16.1 Å². The number of rotatable bonds is 4. The summed E-state index contributed by atoms with van der Waals surface area (Å²) in [6.07, 6.45) is 1.22. The Kier molecular flexibility index (Phi) is 3.94. The zero-order valence-electron chi connectivity index (χ0n) is 10.1. The Morgan fingerprint density at radius 2 is 2.00 bits per heavy atom. The van der Waals surface area contributed by atoms with E-state index in [9.17, 15) is 8.42 Å². The van der Waals surface area contributed by atoms with E-state index < -0.39 is 14.6 Å². The van der Waals surface area contributed by atoms with Gasteiger partial charge in [-0.15, -0.1) is 0 Å². The minimum atomic E-state index is -3.13. The Bertz CT molecular complexity index is 512. The first-order valence-corrected chi connectivity index (χ1v) is 7.39. The molecule has 6 heteroatoms. The predicted octanol–water partition coefficient (Wildman–Crippen LogP) is 2.16. The van der Waals surface area contributed by atoms with E-state index in [-0.39, 0.29) is 6.54 Å². The van der Waals surface area contributed by atoms with E-state index in [1.807, 2.05) is 0 Å². The Balaban J connectivity index is 2.84. The maximum atomic E-state index is 11.5. The molecule has 0 aromatic heterocycles. The van der Waals surface area contributed by atoms with Crippen LogP contribution in [0, 0.1) is 0 Å². The summed E-state index contributed by atoms with van der Waals surface area (Å²) in [7, 11) is -3.13. The topological polar surface area (TPSA) is 72.2 Å². The van der Waals surface area contributed by atoms with Gasteiger partial charge >= 0.3 is 0 Å². The van der Waals surface area contributed by atoms with Crippen LogP contribution < -0.4 is 11.1 Å². The van der Waals surface area contributed by atoms with Crippen LogP contribution in [-0.2, 0) is 9.84 Å². The van der Waals surface area contributed by atoms with Gasteiger partial charge in [0, 0.05) is 17.8 Å². The fourth-order valence-electron chi connectivity index (χ4n) is 1.12. The van der Waals surface area contributed by atoms with Crippen LogP contribution in [0.25, 0.3) is 0 Å². The van der Waals surface area contributed by atoms with Gasteiger partial charge in [0.15, 0.2) is 9.84 Å². The SMILES string of the molecule is CC(C)(CNc1cc(Cl)ccc1N)S(C)(=O)=O. The first-order chi connectivity index (χ1) is 7.63. The zero-order chi connectivity index (χ0) is 13.3. The molecule has 0 amide bonds. The van der Waals surface area contributed by atoms with E-state index in [1.54, 1.807) is 32.0 Å². The number of halogens is 1. The zero-order valence-corrected chi connectivity index (χ0v) is 11.7. The number of sulfone groups is 1. The second-order valence-corrected chi connectivity index (χ2v) is 7.70. The van der Waals surface area contributed by atoms with Gasteiger partial charge in [-0.1, -0.05) is 11.6 Å². The van der Waals surface area contributed by atoms with Crippen molar-refractivity contribution in [2.75, 3.05) is 23.9 Å². The van der Waals surface area contributed by atoms with Crippen LogP contribution in [0.2, 0.25) is 5.02 Å². The molecule has 0 fully saturated rings. The largest absolute Gasteiger partial charge is 0.397 e. The predicted molar refractivity (Wildman–Crippen MR) is 73.3 cm³/mol. The minimum absolute atomic E-state index is 0.274. The fraction of sp³-hybridized carbons (Fsp3) is 0.455. The molecule has 0 heterocycles. The van der Waals surface area contributed by atoms with Crippen molar-refractivity contribution in [2.45, 2.75) is 18.6 Å². The number of nitrogens with one attached hydrogen (secondary N) is 1. The van der Waals surface area contributed by atoms with E-state index in [0.29, 0.717) is 16.4 Å². The van der Waals surface area contributed by atoms with Crippen LogP contribution in [0.4, 0.5) is 11.4 Å². The van der Waals surface area contributed by atoms with Crippen LogP contribution in [0.3, 0.4) is 0 Å². The maximum absolute atomic E-state index is 11.5. The van der Waals surface area contributed by atoms with Gasteiger partial charge < -0.3 is 11.1 Å². The third-order valence-corrected chi connectivity index (χ3v) is 5.11. The molecule has 0 saturated heterocycles. The molecule has 17 heavy (non-hydrogen) atoms. The molecule has 1 rings (SSSR count). The Morgan fingerprint density at radius 1 is 1.41 bits per heavy atom. The fourth-order valence-corrected chi connectivity index (χ4v) is 1.63. The molecule has 0 spiro atoms. The molecule has 96 valence electrons. The van der Waals surface area contributed by atoms with Gasteiger partial charge in [0.1, 0.15) is 0 Å². The first-order valence-electron chi connectivity index (χ1n) is 5.12. The van der Waals surface area contributed by atoms with Crippen molar-refractivity contribution < 1.29 is 8.42 Å². The van der Waals surface area contributed by atoms with Gasteiger partial charge in [0.2, 0.25) is 0 Å². The number of anilines is 2. The van der Waals surface area contributed by atoms with Gasteiger partial charge in [-0.25, -0.2) is 8.42 Å². The summed E-state index contributed by atoms with van der Waals surface area (Å²) in [5.74, 6) is 0. The monoisotopic (exact) mass is 276 g/mol. The lowest BCUT2D eigenvalue weighted by molar-refractivity contribution is 0.560. The van der Waals surface area contributed by atoms with Crippen LogP contribution in [0.5, 0.6) is 0 Å². The van der Waals surface area contributed by atoms with Crippen LogP contribution in [0.15, 0.2) is 18.2 Å². The lowest BCUT2D eigenvalue weighted by atomic mass is 10.2. The average molecular weight is 277 g/mol. The lowest BCUT2D eigenvalue weighted by Crippen LogP contribution is -2.38. The standard InChI is InChI=1S/C11H17ClN2O2S/c1-11(2,17(3,15)16)7-14-10-6-8(12)4-5-9(10)13/h4-6,14H,7,13H2,1-3H3. The molecule has 0 aliphatic rings. The number of benzene rings is 1. The van der Waals surface area contributed by atoms with Crippen LogP contribution in [0.1, 0.15) is 13.8 Å². The maximum Gasteiger partial charge on any atom is 0.154 e. The Hall–Kier alpha value is -0.940. The second-order valence-electron chi connectivity index (χ2n) is 4.62. The normalized spacial score (nSPS) is 12.5. The molecule has 0 saturated carbocycles. The van der Waals surface area contributed by atoms with Gasteiger partial charge in [-0.3, -0.25) is 0 Å². The summed E-state index contributed by atoms with van der Waals surface area (Å²) < 4.78 is 22.2. The van der Waals surface area contributed by atoms with Gasteiger partial charge in [-0.2, -0.15) is 0 Å². The van der Waals surface area contributed by atoms with Crippen LogP contribution in [-0.4, -0.2) is 26.0 Å². The quantitative estimate of drug-likeness (QED) is 0.827. The summed E-state index contributed by atoms with van der Waals surface area (Å²) in [6.45, 7) is 3.60.